The first-order chi connectivity index (χ1) is 20.2. The van der Waals surface area contributed by atoms with Crippen LogP contribution >= 0.6 is 0 Å². The molecule has 0 saturated heterocycles. The Kier molecular flexibility index (Phi) is 10.7. The van der Waals surface area contributed by atoms with Gasteiger partial charge in [-0.25, -0.2) is 12.8 Å². The van der Waals surface area contributed by atoms with Gasteiger partial charge in [0.25, 0.3) is 10.0 Å². The lowest BCUT2D eigenvalue weighted by molar-refractivity contribution is -0.140. The average Bonchev–Trinajstić information content (AvgIpc) is 2.99. The normalized spacial score (nSPS) is 14.6. The van der Waals surface area contributed by atoms with Crippen molar-refractivity contribution in [2.24, 2.45) is 0 Å². The minimum atomic E-state index is -4.19. The van der Waals surface area contributed by atoms with E-state index in [9.17, 15) is 22.4 Å². The number of aryl methyl sites for hydroxylation is 1. The van der Waals surface area contributed by atoms with Gasteiger partial charge in [0.15, 0.2) is 0 Å². The van der Waals surface area contributed by atoms with Crippen molar-refractivity contribution in [2.45, 2.75) is 75.8 Å². The summed E-state index contributed by atoms with van der Waals surface area (Å²) >= 11 is 0. The van der Waals surface area contributed by atoms with Crippen molar-refractivity contribution in [3.05, 3.63) is 95.8 Å². The molecule has 0 aliphatic heterocycles. The number of nitrogens with zero attached hydrogens (tertiary/aromatic N) is 2. The zero-order valence-corrected chi connectivity index (χ0v) is 25.2. The second-order valence-electron chi connectivity index (χ2n) is 10.9. The molecule has 3 aromatic carbocycles. The van der Waals surface area contributed by atoms with Gasteiger partial charge in [-0.1, -0.05) is 74.2 Å². The van der Waals surface area contributed by atoms with Gasteiger partial charge >= 0.3 is 0 Å². The van der Waals surface area contributed by atoms with Crippen LogP contribution in [0.1, 0.15) is 56.6 Å². The number of sulfonamides is 1. The number of carbonyl (C=O) groups is 2. The lowest BCUT2D eigenvalue weighted by Gasteiger charge is -2.34. The SMILES string of the molecule is CC[C@@H](C(=O)NC1CCCCC1)N(CCc1ccccc1)C(=O)CN(c1ccc(F)cc1)S(=O)(=O)c1ccc(C)cc1. The molecule has 2 amide bonds. The van der Waals surface area contributed by atoms with Crippen LogP contribution in [0.4, 0.5) is 10.1 Å². The standard InChI is InChI=1S/C33H40FN3O4S/c1-3-31(33(39)35-28-12-8-5-9-13-28)36(23-22-26-10-6-4-7-11-26)32(38)24-37(29-18-16-27(34)17-19-29)42(40,41)30-20-14-25(2)15-21-30/h4,6-7,10-11,14-21,28,31H,3,5,8-9,12-13,22-24H2,1-2H3,(H,35,39)/t31-/m0/s1. The summed E-state index contributed by atoms with van der Waals surface area (Å²) in [6.07, 6.45) is 5.96. The first kappa shape index (κ1) is 31.2. The average molecular weight is 594 g/mol. The maximum Gasteiger partial charge on any atom is 0.264 e. The maximum atomic E-state index is 14.1. The fourth-order valence-corrected chi connectivity index (χ4v) is 6.83. The second kappa shape index (κ2) is 14.4. The van der Waals surface area contributed by atoms with Gasteiger partial charge < -0.3 is 10.2 Å². The van der Waals surface area contributed by atoms with Gasteiger partial charge in [0, 0.05) is 12.6 Å². The van der Waals surface area contributed by atoms with Crippen molar-refractivity contribution in [1.82, 2.24) is 10.2 Å². The smallest absolute Gasteiger partial charge is 0.264 e. The van der Waals surface area contributed by atoms with Gasteiger partial charge in [0.1, 0.15) is 18.4 Å². The summed E-state index contributed by atoms with van der Waals surface area (Å²) in [5.41, 5.74) is 2.05. The zero-order valence-electron chi connectivity index (χ0n) is 24.3. The number of hydrogen-bond donors (Lipinski definition) is 1. The number of hydrogen-bond acceptors (Lipinski definition) is 4. The van der Waals surface area contributed by atoms with Gasteiger partial charge in [-0.2, -0.15) is 0 Å². The fourth-order valence-electron chi connectivity index (χ4n) is 5.41. The zero-order chi connectivity index (χ0) is 30.1. The van der Waals surface area contributed by atoms with Crippen molar-refractivity contribution in [1.29, 1.82) is 0 Å². The molecule has 42 heavy (non-hydrogen) atoms. The molecule has 0 bridgehead atoms. The number of rotatable bonds is 12. The molecule has 1 N–H and O–H groups in total. The van der Waals surface area contributed by atoms with Gasteiger partial charge in [-0.3, -0.25) is 13.9 Å². The molecule has 0 aromatic heterocycles. The van der Waals surface area contributed by atoms with E-state index >= 15 is 0 Å². The lowest BCUT2D eigenvalue weighted by atomic mass is 9.95. The Balaban J connectivity index is 1.66. The Bertz CT molecular complexity index is 1420. The van der Waals surface area contributed by atoms with Gasteiger partial charge in [0.2, 0.25) is 11.8 Å². The van der Waals surface area contributed by atoms with Crippen molar-refractivity contribution in [3.8, 4) is 0 Å². The summed E-state index contributed by atoms with van der Waals surface area (Å²) in [5, 5.41) is 3.15. The van der Waals surface area contributed by atoms with E-state index in [2.05, 4.69) is 5.32 Å². The number of amides is 2. The molecule has 0 unspecified atom stereocenters. The minimum Gasteiger partial charge on any atom is -0.352 e. The third-order valence-electron chi connectivity index (χ3n) is 7.82. The molecular weight excluding hydrogens is 553 g/mol. The van der Waals surface area contributed by atoms with E-state index in [-0.39, 0.29) is 29.1 Å². The molecule has 1 saturated carbocycles. The summed E-state index contributed by atoms with van der Waals surface area (Å²) < 4.78 is 42.6. The molecule has 1 fully saturated rings. The number of halogens is 1. The Morgan fingerprint density at radius 1 is 0.929 bits per heavy atom. The van der Waals surface area contributed by atoms with Crippen LogP contribution in [-0.2, 0) is 26.0 Å². The summed E-state index contributed by atoms with van der Waals surface area (Å²) in [7, 11) is -4.19. The molecule has 1 atom stereocenters. The number of nitrogens with one attached hydrogen (secondary N) is 1. The van der Waals surface area contributed by atoms with Crippen LogP contribution < -0.4 is 9.62 Å². The summed E-state index contributed by atoms with van der Waals surface area (Å²) in [4.78, 5) is 29.2. The Labute approximate surface area is 248 Å². The monoisotopic (exact) mass is 593 g/mol. The van der Waals surface area contributed by atoms with Crippen LogP contribution in [0.2, 0.25) is 0 Å². The number of benzene rings is 3. The second-order valence-corrected chi connectivity index (χ2v) is 12.8. The number of anilines is 1. The van der Waals surface area contributed by atoms with E-state index < -0.39 is 34.3 Å². The molecule has 1 aliphatic carbocycles. The van der Waals surface area contributed by atoms with Crippen molar-refractivity contribution in [2.75, 3.05) is 17.4 Å². The quantitative estimate of drug-likeness (QED) is 0.295. The Morgan fingerprint density at radius 2 is 1.57 bits per heavy atom. The topological polar surface area (TPSA) is 86.8 Å². The number of carbonyl (C=O) groups excluding carboxylic acids is 2. The van der Waals surface area contributed by atoms with E-state index in [1.807, 2.05) is 44.2 Å². The molecule has 9 heteroatoms. The summed E-state index contributed by atoms with van der Waals surface area (Å²) in [5.74, 6) is -1.25. The first-order valence-electron chi connectivity index (χ1n) is 14.7. The largest absolute Gasteiger partial charge is 0.352 e. The predicted molar refractivity (Wildman–Crippen MR) is 163 cm³/mol. The predicted octanol–water partition coefficient (Wildman–Crippen LogP) is 5.63. The minimum absolute atomic E-state index is 0.0168. The highest BCUT2D eigenvalue weighted by Gasteiger charge is 2.34. The Morgan fingerprint density at radius 3 is 2.19 bits per heavy atom. The molecule has 0 radical (unpaired) electrons. The van der Waals surface area contributed by atoms with Gasteiger partial charge in [-0.15, -0.1) is 0 Å². The van der Waals surface area contributed by atoms with Crippen LogP contribution in [0.25, 0.3) is 0 Å². The van der Waals surface area contributed by atoms with Crippen molar-refractivity contribution in [3.63, 3.8) is 0 Å². The highest BCUT2D eigenvalue weighted by Crippen LogP contribution is 2.25. The molecule has 1 aliphatic rings. The van der Waals surface area contributed by atoms with Gasteiger partial charge in [-0.05, 0) is 74.6 Å². The van der Waals surface area contributed by atoms with E-state index in [1.165, 1.54) is 29.2 Å². The fraction of sp³-hybridized carbons (Fsp3) is 0.394. The molecular formula is C33H40FN3O4S. The molecule has 0 heterocycles. The van der Waals surface area contributed by atoms with Crippen molar-refractivity contribution >= 4 is 27.5 Å². The lowest BCUT2D eigenvalue weighted by Crippen LogP contribution is -2.54. The molecule has 224 valence electrons. The molecule has 0 spiro atoms. The molecule has 4 rings (SSSR count). The van der Waals surface area contributed by atoms with Crippen LogP contribution in [-0.4, -0.2) is 50.3 Å². The van der Waals surface area contributed by atoms with E-state index in [0.717, 1.165) is 59.7 Å². The van der Waals surface area contributed by atoms with Crippen LogP contribution in [0.3, 0.4) is 0 Å². The van der Waals surface area contributed by atoms with Crippen LogP contribution in [0.15, 0.2) is 83.8 Å². The molecule has 7 nitrogen and oxygen atoms in total. The highest BCUT2D eigenvalue weighted by atomic mass is 32.2. The third kappa shape index (κ3) is 7.97. The van der Waals surface area contributed by atoms with E-state index in [4.69, 9.17) is 0 Å². The van der Waals surface area contributed by atoms with Crippen LogP contribution in [0.5, 0.6) is 0 Å². The van der Waals surface area contributed by atoms with Gasteiger partial charge in [0.05, 0.1) is 10.6 Å². The highest BCUT2D eigenvalue weighted by molar-refractivity contribution is 7.92. The molecule has 3 aromatic rings. The van der Waals surface area contributed by atoms with Crippen LogP contribution in [0, 0.1) is 12.7 Å². The summed E-state index contributed by atoms with van der Waals surface area (Å²) in [6, 6.07) is 20.3. The Hall–Kier alpha value is -3.72. The first-order valence-corrected chi connectivity index (χ1v) is 16.1. The van der Waals surface area contributed by atoms with Crippen molar-refractivity contribution < 1.29 is 22.4 Å². The van der Waals surface area contributed by atoms with E-state index in [1.54, 1.807) is 12.1 Å². The third-order valence-corrected chi connectivity index (χ3v) is 9.61. The maximum absolute atomic E-state index is 14.1. The summed E-state index contributed by atoms with van der Waals surface area (Å²) in [6.45, 7) is 3.41. The van der Waals surface area contributed by atoms with E-state index in [0.29, 0.717) is 12.8 Å².